The van der Waals surface area contributed by atoms with E-state index in [-0.39, 0.29) is 5.75 Å². The number of phenols is 1. The number of benzene rings is 1. The van der Waals surface area contributed by atoms with Gasteiger partial charge in [-0.15, -0.1) is 0 Å². The average Bonchev–Trinajstić information content (AvgIpc) is 2.99. The first-order valence-electron chi connectivity index (χ1n) is 8.09. The van der Waals surface area contributed by atoms with E-state index in [0.29, 0.717) is 5.92 Å². The fraction of sp³-hybridized carbons (Fsp3) is 0.316. The van der Waals surface area contributed by atoms with E-state index in [9.17, 15) is 5.11 Å². The highest BCUT2D eigenvalue weighted by molar-refractivity contribution is 5.82. The summed E-state index contributed by atoms with van der Waals surface area (Å²) >= 11 is 0. The van der Waals surface area contributed by atoms with Crippen LogP contribution in [0.3, 0.4) is 0 Å². The molecule has 0 aliphatic heterocycles. The predicted octanol–water partition coefficient (Wildman–Crippen LogP) is 4.98. The Balaban J connectivity index is 1.79. The lowest BCUT2D eigenvalue weighted by Gasteiger charge is -2.20. The van der Waals surface area contributed by atoms with Crippen LogP contribution in [0.4, 0.5) is 0 Å². The minimum atomic E-state index is 0.279. The van der Waals surface area contributed by atoms with E-state index < -0.39 is 0 Å². The van der Waals surface area contributed by atoms with E-state index in [0.717, 1.165) is 22.3 Å². The minimum Gasteiger partial charge on any atom is -0.508 e. The lowest BCUT2D eigenvalue weighted by atomic mass is 9.85. The summed E-state index contributed by atoms with van der Waals surface area (Å²) in [6, 6.07) is 11.4. The third-order valence-corrected chi connectivity index (χ3v) is 4.74. The highest BCUT2D eigenvalue weighted by atomic mass is 16.3. The summed E-state index contributed by atoms with van der Waals surface area (Å²) in [5.74, 6) is 0.912. The summed E-state index contributed by atoms with van der Waals surface area (Å²) in [7, 11) is 0. The van der Waals surface area contributed by atoms with Gasteiger partial charge < -0.3 is 10.1 Å². The smallest absolute Gasteiger partial charge is 0.116 e. The molecule has 0 saturated heterocycles. The molecule has 2 heterocycles. The van der Waals surface area contributed by atoms with Gasteiger partial charge in [0.1, 0.15) is 5.75 Å². The maximum Gasteiger partial charge on any atom is 0.116 e. The van der Waals surface area contributed by atoms with Gasteiger partial charge in [0, 0.05) is 11.8 Å². The van der Waals surface area contributed by atoms with Crippen LogP contribution in [0.1, 0.15) is 43.6 Å². The van der Waals surface area contributed by atoms with E-state index in [1.54, 1.807) is 12.1 Å². The van der Waals surface area contributed by atoms with Crippen molar-refractivity contribution in [2.45, 2.75) is 38.0 Å². The average molecular weight is 292 g/mol. The molecule has 1 aliphatic rings. The molecular weight excluding hydrogens is 272 g/mol. The second kappa shape index (κ2) is 5.48. The van der Waals surface area contributed by atoms with E-state index in [2.05, 4.69) is 17.2 Å². The summed E-state index contributed by atoms with van der Waals surface area (Å²) in [6.45, 7) is 0. The monoisotopic (exact) mass is 292 g/mol. The molecule has 0 bridgehead atoms. The summed E-state index contributed by atoms with van der Waals surface area (Å²) in [6.07, 6.45) is 8.68. The Morgan fingerprint density at radius 1 is 1.05 bits per heavy atom. The summed E-state index contributed by atoms with van der Waals surface area (Å²) < 4.78 is 0. The Kier molecular flexibility index (Phi) is 3.34. The molecule has 2 aromatic heterocycles. The van der Waals surface area contributed by atoms with Crippen LogP contribution < -0.4 is 0 Å². The molecule has 1 aliphatic carbocycles. The Morgan fingerprint density at radius 3 is 2.73 bits per heavy atom. The zero-order valence-corrected chi connectivity index (χ0v) is 12.5. The van der Waals surface area contributed by atoms with Gasteiger partial charge in [-0.05, 0) is 48.6 Å². The molecule has 0 radical (unpaired) electrons. The van der Waals surface area contributed by atoms with Crippen molar-refractivity contribution in [1.82, 2.24) is 9.97 Å². The number of aromatic amines is 1. The van der Waals surface area contributed by atoms with Crippen LogP contribution in [0.15, 0.2) is 42.6 Å². The van der Waals surface area contributed by atoms with Gasteiger partial charge in [-0.25, -0.2) is 4.98 Å². The Labute approximate surface area is 130 Å². The normalized spacial score (nSPS) is 16.2. The van der Waals surface area contributed by atoms with Crippen molar-refractivity contribution < 1.29 is 5.11 Å². The van der Waals surface area contributed by atoms with Crippen LogP contribution >= 0.6 is 0 Å². The number of pyridine rings is 1. The van der Waals surface area contributed by atoms with E-state index in [1.807, 2.05) is 18.2 Å². The Hall–Kier alpha value is -2.29. The van der Waals surface area contributed by atoms with E-state index in [1.165, 1.54) is 37.7 Å². The molecule has 1 saturated carbocycles. The SMILES string of the molecule is Oc1cccc(-c2ccc3[nH]cc(C4CCCCC4)c3n2)c1. The molecule has 22 heavy (non-hydrogen) atoms. The first-order valence-corrected chi connectivity index (χ1v) is 8.09. The minimum absolute atomic E-state index is 0.279. The van der Waals surface area contributed by atoms with E-state index in [4.69, 9.17) is 4.98 Å². The van der Waals surface area contributed by atoms with Crippen molar-refractivity contribution in [3.63, 3.8) is 0 Å². The van der Waals surface area contributed by atoms with Crippen molar-refractivity contribution in [3.8, 4) is 17.0 Å². The standard InChI is InChI=1S/C19H20N2O/c22-15-8-4-7-14(11-15)17-9-10-18-19(21-17)16(12-20-18)13-5-2-1-3-6-13/h4,7-13,20,22H,1-3,5-6H2. The number of aromatic nitrogens is 2. The number of rotatable bonds is 2. The molecule has 3 nitrogen and oxygen atoms in total. The fourth-order valence-corrected chi connectivity index (χ4v) is 3.57. The lowest BCUT2D eigenvalue weighted by molar-refractivity contribution is 0.445. The van der Waals surface area contributed by atoms with Gasteiger partial charge in [-0.2, -0.15) is 0 Å². The number of H-pyrrole nitrogens is 1. The number of nitrogens with one attached hydrogen (secondary N) is 1. The maximum atomic E-state index is 9.67. The first-order chi connectivity index (χ1) is 10.8. The summed E-state index contributed by atoms with van der Waals surface area (Å²) in [5, 5.41) is 9.67. The topological polar surface area (TPSA) is 48.9 Å². The number of fused-ring (bicyclic) bond motifs is 1. The van der Waals surface area contributed by atoms with Crippen molar-refractivity contribution in [1.29, 1.82) is 0 Å². The van der Waals surface area contributed by atoms with Gasteiger partial charge in [-0.3, -0.25) is 0 Å². The second-order valence-electron chi connectivity index (χ2n) is 6.22. The Bertz CT molecular complexity index is 800. The number of nitrogens with zero attached hydrogens (tertiary/aromatic N) is 1. The molecule has 0 atom stereocenters. The number of aromatic hydroxyl groups is 1. The molecule has 2 N–H and O–H groups in total. The zero-order valence-electron chi connectivity index (χ0n) is 12.5. The molecule has 1 fully saturated rings. The molecule has 0 amide bonds. The molecule has 1 aromatic carbocycles. The van der Waals surface area contributed by atoms with Gasteiger partial charge in [-0.1, -0.05) is 31.4 Å². The highest BCUT2D eigenvalue weighted by Gasteiger charge is 2.19. The van der Waals surface area contributed by atoms with Gasteiger partial charge in [0.25, 0.3) is 0 Å². The largest absolute Gasteiger partial charge is 0.508 e. The van der Waals surface area contributed by atoms with E-state index >= 15 is 0 Å². The second-order valence-corrected chi connectivity index (χ2v) is 6.22. The summed E-state index contributed by atoms with van der Waals surface area (Å²) in [4.78, 5) is 8.24. The molecule has 3 aromatic rings. The molecular formula is C19H20N2O. The Morgan fingerprint density at radius 2 is 1.91 bits per heavy atom. The van der Waals surface area contributed by atoms with Gasteiger partial charge in [0.2, 0.25) is 0 Å². The van der Waals surface area contributed by atoms with Gasteiger partial charge in [0.15, 0.2) is 0 Å². The molecule has 3 heteroatoms. The third-order valence-electron chi connectivity index (χ3n) is 4.74. The predicted molar refractivity (Wildman–Crippen MR) is 89.0 cm³/mol. The van der Waals surface area contributed by atoms with Crippen LogP contribution in [0.5, 0.6) is 5.75 Å². The number of phenolic OH excluding ortho intramolecular Hbond substituents is 1. The van der Waals surface area contributed by atoms with Crippen LogP contribution in [0.2, 0.25) is 0 Å². The molecule has 0 spiro atoms. The number of hydrogen-bond donors (Lipinski definition) is 2. The van der Waals surface area contributed by atoms with Gasteiger partial charge in [0.05, 0.1) is 16.7 Å². The van der Waals surface area contributed by atoms with Crippen LogP contribution in [0, 0.1) is 0 Å². The lowest BCUT2D eigenvalue weighted by Crippen LogP contribution is -2.04. The number of hydrogen-bond acceptors (Lipinski definition) is 2. The zero-order chi connectivity index (χ0) is 14.9. The molecule has 4 rings (SSSR count). The quantitative estimate of drug-likeness (QED) is 0.699. The van der Waals surface area contributed by atoms with Gasteiger partial charge >= 0.3 is 0 Å². The van der Waals surface area contributed by atoms with Crippen LogP contribution in [-0.4, -0.2) is 15.1 Å². The van der Waals surface area contributed by atoms with Crippen molar-refractivity contribution in [2.75, 3.05) is 0 Å². The van der Waals surface area contributed by atoms with Crippen LogP contribution in [-0.2, 0) is 0 Å². The van der Waals surface area contributed by atoms with Crippen molar-refractivity contribution >= 4 is 11.0 Å². The van der Waals surface area contributed by atoms with Crippen molar-refractivity contribution in [3.05, 3.63) is 48.2 Å². The summed E-state index contributed by atoms with van der Waals surface area (Å²) in [5.41, 5.74) is 5.42. The van der Waals surface area contributed by atoms with Crippen LogP contribution in [0.25, 0.3) is 22.3 Å². The van der Waals surface area contributed by atoms with Crippen molar-refractivity contribution in [2.24, 2.45) is 0 Å². The fourth-order valence-electron chi connectivity index (χ4n) is 3.57. The molecule has 112 valence electrons. The maximum absolute atomic E-state index is 9.67. The first kappa shape index (κ1) is 13.4. The third kappa shape index (κ3) is 2.37. The highest BCUT2D eigenvalue weighted by Crippen LogP contribution is 2.36. The molecule has 0 unspecified atom stereocenters.